The molecule has 1 amide bonds. The van der Waals surface area contributed by atoms with Gasteiger partial charge < -0.3 is 14.8 Å². The number of carbonyl (C=O) groups is 3. The molecule has 2 N–H and O–H groups in total. The van der Waals surface area contributed by atoms with E-state index in [0.29, 0.717) is 6.54 Å². The fourth-order valence-electron chi connectivity index (χ4n) is 2.53. The molecule has 2 rings (SSSR count). The van der Waals surface area contributed by atoms with E-state index in [1.54, 1.807) is 12.1 Å². The molecule has 0 bridgehead atoms. The lowest BCUT2D eigenvalue weighted by Gasteiger charge is -2.14. The van der Waals surface area contributed by atoms with Gasteiger partial charge in [-0.2, -0.15) is 0 Å². The van der Waals surface area contributed by atoms with E-state index in [1.807, 2.05) is 6.92 Å². The first-order valence-corrected chi connectivity index (χ1v) is 10.4. The Morgan fingerprint density at radius 1 is 0.933 bits per heavy atom. The Kier molecular flexibility index (Phi) is 7.54. The molecule has 0 atom stereocenters. The van der Waals surface area contributed by atoms with E-state index in [0.717, 1.165) is 32.8 Å². The maximum Gasteiger partial charge on any atom is 0.337 e. The summed E-state index contributed by atoms with van der Waals surface area (Å²) in [7, 11) is -2.00. The van der Waals surface area contributed by atoms with Crippen LogP contribution in [0.4, 0.5) is 5.69 Å². The number of esters is 2. The molecule has 2 aromatic rings. The van der Waals surface area contributed by atoms with Crippen molar-refractivity contribution < 1.29 is 32.3 Å². The van der Waals surface area contributed by atoms with E-state index >= 15 is 0 Å². The number of benzene rings is 2. The lowest BCUT2D eigenvalue weighted by atomic mass is 10.1. The van der Waals surface area contributed by atoms with Gasteiger partial charge in [-0.05, 0) is 36.8 Å². The van der Waals surface area contributed by atoms with Crippen LogP contribution in [-0.2, 0) is 19.5 Å². The van der Waals surface area contributed by atoms with Gasteiger partial charge in [0.1, 0.15) is 0 Å². The van der Waals surface area contributed by atoms with Crippen LogP contribution in [-0.4, -0.2) is 47.0 Å². The minimum Gasteiger partial charge on any atom is -0.465 e. The molecule has 30 heavy (non-hydrogen) atoms. The Labute approximate surface area is 174 Å². The van der Waals surface area contributed by atoms with Crippen LogP contribution in [0.15, 0.2) is 47.4 Å². The van der Waals surface area contributed by atoms with E-state index < -0.39 is 27.9 Å². The highest BCUT2D eigenvalue weighted by molar-refractivity contribution is 7.92. The SMILES string of the molecule is CCCNC(=O)c1ccccc1NS(=O)(=O)c1cc(C(=O)OC)cc(C(=O)OC)c1. The summed E-state index contributed by atoms with van der Waals surface area (Å²) in [5.41, 5.74) is -0.106. The monoisotopic (exact) mass is 434 g/mol. The molecule has 0 aliphatic heterocycles. The second-order valence-electron chi connectivity index (χ2n) is 6.14. The summed E-state index contributed by atoms with van der Waals surface area (Å²) in [5, 5.41) is 2.68. The molecule has 0 fully saturated rings. The van der Waals surface area contributed by atoms with Crippen molar-refractivity contribution in [3.8, 4) is 0 Å². The van der Waals surface area contributed by atoms with Gasteiger partial charge in [-0.25, -0.2) is 18.0 Å². The normalized spacial score (nSPS) is 10.8. The average molecular weight is 434 g/mol. The number of amides is 1. The maximum atomic E-state index is 13.0. The molecule has 0 aromatic heterocycles. The Hall–Kier alpha value is -3.40. The molecular formula is C20H22N2O7S. The number of anilines is 1. The van der Waals surface area contributed by atoms with Crippen molar-refractivity contribution >= 4 is 33.6 Å². The summed E-state index contributed by atoms with van der Waals surface area (Å²) < 4.78 is 37.5. The molecule has 160 valence electrons. The molecule has 10 heteroatoms. The molecule has 0 heterocycles. The summed E-state index contributed by atoms with van der Waals surface area (Å²) >= 11 is 0. The zero-order valence-electron chi connectivity index (χ0n) is 16.7. The highest BCUT2D eigenvalue weighted by Crippen LogP contribution is 2.23. The average Bonchev–Trinajstić information content (AvgIpc) is 2.76. The van der Waals surface area contributed by atoms with Gasteiger partial charge in [-0.1, -0.05) is 19.1 Å². The second kappa shape index (κ2) is 9.88. The first-order valence-electron chi connectivity index (χ1n) is 8.95. The van der Waals surface area contributed by atoms with Crippen LogP contribution in [0.5, 0.6) is 0 Å². The largest absolute Gasteiger partial charge is 0.465 e. The fraction of sp³-hybridized carbons (Fsp3) is 0.250. The third kappa shape index (κ3) is 5.35. The number of nitrogens with one attached hydrogen (secondary N) is 2. The highest BCUT2D eigenvalue weighted by Gasteiger charge is 2.23. The molecule has 0 saturated carbocycles. The predicted octanol–water partition coefficient (Wildman–Crippen LogP) is 2.20. The number of carbonyl (C=O) groups excluding carboxylic acids is 3. The van der Waals surface area contributed by atoms with Crippen LogP contribution in [0.2, 0.25) is 0 Å². The van der Waals surface area contributed by atoms with Crippen LogP contribution in [0.1, 0.15) is 44.4 Å². The van der Waals surface area contributed by atoms with E-state index in [2.05, 4.69) is 19.5 Å². The first kappa shape index (κ1) is 22.9. The van der Waals surface area contributed by atoms with E-state index in [1.165, 1.54) is 18.2 Å². The van der Waals surface area contributed by atoms with E-state index in [9.17, 15) is 22.8 Å². The molecule has 0 aliphatic carbocycles. The molecule has 0 unspecified atom stereocenters. The summed E-state index contributed by atoms with van der Waals surface area (Å²) in [6, 6.07) is 9.39. The predicted molar refractivity (Wildman–Crippen MR) is 109 cm³/mol. The maximum absolute atomic E-state index is 13.0. The topological polar surface area (TPSA) is 128 Å². The number of sulfonamides is 1. The summed E-state index contributed by atoms with van der Waals surface area (Å²) in [4.78, 5) is 35.8. The number of ether oxygens (including phenoxy) is 2. The van der Waals surface area contributed by atoms with Gasteiger partial charge in [-0.3, -0.25) is 9.52 Å². The Balaban J connectivity index is 2.49. The van der Waals surface area contributed by atoms with Gasteiger partial charge in [0.25, 0.3) is 15.9 Å². The summed E-state index contributed by atoms with van der Waals surface area (Å²) in [6.45, 7) is 2.33. The Morgan fingerprint density at radius 3 is 2.03 bits per heavy atom. The number of para-hydroxylation sites is 1. The minimum absolute atomic E-state index is 0.0502. The number of methoxy groups -OCH3 is 2. The molecule has 0 radical (unpaired) electrons. The molecule has 0 spiro atoms. The van der Waals surface area contributed by atoms with Crippen molar-refractivity contribution in [2.75, 3.05) is 25.5 Å². The van der Waals surface area contributed by atoms with Crippen molar-refractivity contribution in [1.29, 1.82) is 0 Å². The van der Waals surface area contributed by atoms with E-state index in [-0.39, 0.29) is 27.3 Å². The smallest absolute Gasteiger partial charge is 0.337 e. The highest BCUT2D eigenvalue weighted by atomic mass is 32.2. The van der Waals surface area contributed by atoms with Gasteiger partial charge in [0, 0.05) is 6.54 Å². The quantitative estimate of drug-likeness (QED) is 0.610. The standard InChI is InChI=1S/C20H22N2O7S/c1-4-9-21-18(23)16-7-5-6-8-17(16)22-30(26,27)15-11-13(19(24)28-2)10-14(12-15)20(25)29-3/h5-8,10-12,22H,4,9H2,1-3H3,(H,21,23). The van der Waals surface area contributed by atoms with Crippen LogP contribution < -0.4 is 10.0 Å². The van der Waals surface area contributed by atoms with Gasteiger partial charge in [0.2, 0.25) is 0 Å². The molecular weight excluding hydrogens is 412 g/mol. The van der Waals surface area contributed by atoms with Crippen LogP contribution in [0.25, 0.3) is 0 Å². The van der Waals surface area contributed by atoms with Crippen molar-refractivity contribution in [1.82, 2.24) is 5.32 Å². The third-order valence-corrected chi connectivity index (χ3v) is 5.36. The summed E-state index contributed by atoms with van der Waals surface area (Å²) in [5.74, 6) is -2.08. The summed E-state index contributed by atoms with van der Waals surface area (Å²) in [6.07, 6.45) is 0.719. The minimum atomic E-state index is -4.26. The van der Waals surface area contributed by atoms with Gasteiger partial charge in [-0.15, -0.1) is 0 Å². The fourth-order valence-corrected chi connectivity index (χ4v) is 3.68. The van der Waals surface area contributed by atoms with Gasteiger partial charge in [0.05, 0.1) is 41.5 Å². The van der Waals surface area contributed by atoms with Crippen LogP contribution >= 0.6 is 0 Å². The number of hydrogen-bond donors (Lipinski definition) is 2. The zero-order chi connectivity index (χ0) is 22.3. The van der Waals surface area contributed by atoms with Crippen molar-refractivity contribution in [3.05, 3.63) is 59.2 Å². The second-order valence-corrected chi connectivity index (χ2v) is 7.82. The molecule has 0 aliphatic rings. The Morgan fingerprint density at radius 2 is 1.50 bits per heavy atom. The molecule has 9 nitrogen and oxygen atoms in total. The van der Waals surface area contributed by atoms with Gasteiger partial charge in [0.15, 0.2) is 0 Å². The number of rotatable bonds is 8. The lowest BCUT2D eigenvalue weighted by Crippen LogP contribution is -2.26. The van der Waals surface area contributed by atoms with Crippen molar-refractivity contribution in [2.24, 2.45) is 0 Å². The zero-order valence-corrected chi connectivity index (χ0v) is 17.5. The van der Waals surface area contributed by atoms with E-state index in [4.69, 9.17) is 0 Å². The number of hydrogen-bond acceptors (Lipinski definition) is 7. The molecule has 0 saturated heterocycles. The molecule has 2 aromatic carbocycles. The third-order valence-electron chi connectivity index (χ3n) is 4.01. The van der Waals surface area contributed by atoms with Crippen molar-refractivity contribution in [3.63, 3.8) is 0 Å². The first-order chi connectivity index (χ1) is 14.2. The van der Waals surface area contributed by atoms with Gasteiger partial charge >= 0.3 is 11.9 Å². The van der Waals surface area contributed by atoms with Crippen LogP contribution in [0.3, 0.4) is 0 Å². The Bertz CT molecular complexity index is 1030. The lowest BCUT2D eigenvalue weighted by molar-refractivity contribution is 0.0598. The van der Waals surface area contributed by atoms with Crippen LogP contribution in [0, 0.1) is 0 Å². The van der Waals surface area contributed by atoms with Crippen molar-refractivity contribution in [2.45, 2.75) is 18.2 Å².